The van der Waals surface area contributed by atoms with E-state index in [1.807, 2.05) is 37.5 Å². The SMILES string of the molecule is CCCn1nc(C(=O)NCCCn2cnc3ccccc32)ccc1=O. The van der Waals surface area contributed by atoms with E-state index in [9.17, 15) is 9.59 Å². The topological polar surface area (TPSA) is 81.8 Å². The van der Waals surface area contributed by atoms with Crippen LogP contribution in [0.5, 0.6) is 0 Å². The molecule has 130 valence electrons. The Morgan fingerprint density at radius 3 is 2.84 bits per heavy atom. The summed E-state index contributed by atoms with van der Waals surface area (Å²) in [7, 11) is 0. The highest BCUT2D eigenvalue weighted by Crippen LogP contribution is 2.11. The lowest BCUT2D eigenvalue weighted by Gasteiger charge is -2.08. The number of carbonyl (C=O) groups is 1. The zero-order chi connectivity index (χ0) is 17.6. The molecule has 0 saturated heterocycles. The number of nitrogens with one attached hydrogen (secondary N) is 1. The molecule has 25 heavy (non-hydrogen) atoms. The van der Waals surface area contributed by atoms with Crippen LogP contribution in [-0.2, 0) is 13.1 Å². The molecule has 0 aliphatic rings. The normalized spacial score (nSPS) is 10.9. The fourth-order valence-electron chi connectivity index (χ4n) is 2.67. The van der Waals surface area contributed by atoms with Gasteiger partial charge in [0, 0.05) is 25.7 Å². The van der Waals surface area contributed by atoms with E-state index in [1.165, 1.54) is 16.8 Å². The number of imidazole rings is 1. The van der Waals surface area contributed by atoms with E-state index in [2.05, 4.69) is 20.0 Å². The minimum atomic E-state index is -0.264. The third kappa shape index (κ3) is 3.93. The van der Waals surface area contributed by atoms with Crippen LogP contribution in [0.1, 0.15) is 30.3 Å². The molecule has 1 aromatic carbocycles. The minimum Gasteiger partial charge on any atom is -0.351 e. The van der Waals surface area contributed by atoms with Crippen LogP contribution in [0.25, 0.3) is 11.0 Å². The van der Waals surface area contributed by atoms with Crippen molar-refractivity contribution in [1.29, 1.82) is 0 Å². The van der Waals surface area contributed by atoms with Gasteiger partial charge in [0.2, 0.25) is 0 Å². The first-order valence-electron chi connectivity index (χ1n) is 8.45. The highest BCUT2D eigenvalue weighted by Gasteiger charge is 2.09. The van der Waals surface area contributed by atoms with Gasteiger partial charge in [0.1, 0.15) is 5.69 Å². The maximum Gasteiger partial charge on any atom is 0.271 e. The highest BCUT2D eigenvalue weighted by atomic mass is 16.2. The summed E-state index contributed by atoms with van der Waals surface area (Å²) in [6.45, 7) is 3.76. The van der Waals surface area contributed by atoms with E-state index in [0.717, 1.165) is 30.4 Å². The Morgan fingerprint density at radius 1 is 1.16 bits per heavy atom. The standard InChI is InChI=1S/C18H21N5O2/c1-2-11-23-17(24)9-8-15(21-23)18(25)19-10-5-12-22-13-20-14-6-3-4-7-16(14)22/h3-4,6-9,13H,2,5,10-12H2,1H3,(H,19,25). The summed E-state index contributed by atoms with van der Waals surface area (Å²) in [6.07, 6.45) is 3.38. The van der Waals surface area contributed by atoms with Crippen molar-refractivity contribution in [3.05, 3.63) is 58.8 Å². The molecule has 7 nitrogen and oxygen atoms in total. The van der Waals surface area contributed by atoms with Crippen LogP contribution >= 0.6 is 0 Å². The Labute approximate surface area is 145 Å². The predicted octanol–water partition coefficient (Wildman–Crippen LogP) is 1.82. The van der Waals surface area contributed by atoms with Gasteiger partial charge in [0.05, 0.1) is 17.4 Å². The lowest BCUT2D eigenvalue weighted by molar-refractivity contribution is 0.0945. The molecule has 0 aliphatic heterocycles. The first-order chi connectivity index (χ1) is 12.2. The quantitative estimate of drug-likeness (QED) is 0.666. The third-order valence-corrected chi connectivity index (χ3v) is 3.92. The molecule has 2 heterocycles. The molecule has 0 atom stereocenters. The van der Waals surface area contributed by atoms with Crippen LogP contribution in [0.3, 0.4) is 0 Å². The van der Waals surface area contributed by atoms with Crippen molar-refractivity contribution >= 4 is 16.9 Å². The number of para-hydroxylation sites is 2. The molecular formula is C18H21N5O2. The van der Waals surface area contributed by atoms with Crippen molar-refractivity contribution in [2.45, 2.75) is 32.9 Å². The largest absolute Gasteiger partial charge is 0.351 e. The van der Waals surface area contributed by atoms with Gasteiger partial charge < -0.3 is 9.88 Å². The van der Waals surface area contributed by atoms with Gasteiger partial charge in [-0.1, -0.05) is 19.1 Å². The molecule has 0 unspecified atom stereocenters. The maximum absolute atomic E-state index is 12.2. The summed E-state index contributed by atoms with van der Waals surface area (Å²) in [6, 6.07) is 10.8. The van der Waals surface area contributed by atoms with Crippen molar-refractivity contribution in [3.63, 3.8) is 0 Å². The zero-order valence-electron chi connectivity index (χ0n) is 14.2. The Balaban J connectivity index is 1.54. The van der Waals surface area contributed by atoms with Crippen LogP contribution in [0.2, 0.25) is 0 Å². The molecule has 0 saturated carbocycles. The van der Waals surface area contributed by atoms with Crippen LogP contribution in [0, 0.1) is 0 Å². The van der Waals surface area contributed by atoms with Gasteiger partial charge in [0.15, 0.2) is 0 Å². The average Bonchev–Trinajstić information content (AvgIpc) is 3.04. The summed E-state index contributed by atoms with van der Waals surface area (Å²) in [5, 5.41) is 6.96. The molecule has 3 rings (SSSR count). The number of rotatable bonds is 7. The van der Waals surface area contributed by atoms with Crippen LogP contribution in [0.15, 0.2) is 47.5 Å². The third-order valence-electron chi connectivity index (χ3n) is 3.92. The van der Waals surface area contributed by atoms with Gasteiger partial charge >= 0.3 is 0 Å². The number of hydrogen-bond donors (Lipinski definition) is 1. The van der Waals surface area contributed by atoms with Crippen molar-refractivity contribution < 1.29 is 4.79 Å². The molecular weight excluding hydrogens is 318 g/mol. The van der Waals surface area contributed by atoms with Gasteiger partial charge in [-0.3, -0.25) is 9.59 Å². The molecule has 7 heteroatoms. The van der Waals surface area contributed by atoms with Gasteiger partial charge in [-0.15, -0.1) is 0 Å². The number of aromatic nitrogens is 4. The Hall–Kier alpha value is -2.96. The Morgan fingerprint density at radius 2 is 2.00 bits per heavy atom. The van der Waals surface area contributed by atoms with Crippen LogP contribution in [0.4, 0.5) is 0 Å². The second-order valence-electron chi connectivity index (χ2n) is 5.82. The van der Waals surface area contributed by atoms with Gasteiger partial charge in [-0.05, 0) is 31.0 Å². The second-order valence-corrected chi connectivity index (χ2v) is 5.82. The average molecular weight is 339 g/mol. The Kier molecular flexibility index (Phi) is 5.23. The molecule has 2 aromatic heterocycles. The fraction of sp³-hybridized carbons (Fsp3) is 0.333. The molecule has 1 N–H and O–H groups in total. The van der Waals surface area contributed by atoms with Crippen LogP contribution in [-0.4, -0.2) is 31.8 Å². The number of fused-ring (bicyclic) bond motifs is 1. The zero-order valence-corrected chi connectivity index (χ0v) is 14.2. The van der Waals surface area contributed by atoms with Crippen molar-refractivity contribution in [2.75, 3.05) is 6.54 Å². The minimum absolute atomic E-state index is 0.189. The van der Waals surface area contributed by atoms with Gasteiger partial charge in [-0.2, -0.15) is 5.10 Å². The molecule has 0 spiro atoms. The fourth-order valence-corrected chi connectivity index (χ4v) is 2.67. The van der Waals surface area contributed by atoms with E-state index < -0.39 is 0 Å². The summed E-state index contributed by atoms with van der Waals surface area (Å²) >= 11 is 0. The smallest absolute Gasteiger partial charge is 0.271 e. The number of carbonyl (C=O) groups excluding carboxylic acids is 1. The number of aryl methyl sites for hydroxylation is 2. The molecule has 0 fully saturated rings. The summed E-state index contributed by atoms with van der Waals surface area (Å²) in [5.74, 6) is -0.264. The predicted molar refractivity (Wildman–Crippen MR) is 95.5 cm³/mol. The van der Waals surface area contributed by atoms with E-state index in [0.29, 0.717) is 13.1 Å². The number of amides is 1. The molecule has 0 aliphatic carbocycles. The number of hydrogen-bond acceptors (Lipinski definition) is 4. The highest BCUT2D eigenvalue weighted by molar-refractivity contribution is 5.91. The Bertz CT molecular complexity index is 928. The first-order valence-corrected chi connectivity index (χ1v) is 8.45. The van der Waals surface area contributed by atoms with Crippen molar-refractivity contribution in [2.24, 2.45) is 0 Å². The van der Waals surface area contributed by atoms with E-state index in [4.69, 9.17) is 0 Å². The van der Waals surface area contributed by atoms with Gasteiger partial charge in [-0.25, -0.2) is 9.67 Å². The lowest BCUT2D eigenvalue weighted by Crippen LogP contribution is -2.30. The number of nitrogens with zero attached hydrogens (tertiary/aromatic N) is 4. The van der Waals surface area contributed by atoms with E-state index in [1.54, 1.807) is 0 Å². The molecule has 1 amide bonds. The lowest BCUT2D eigenvalue weighted by atomic mass is 10.3. The second kappa shape index (κ2) is 7.74. The maximum atomic E-state index is 12.2. The van der Waals surface area contributed by atoms with Crippen LogP contribution < -0.4 is 10.9 Å². The first kappa shape index (κ1) is 16.9. The number of benzene rings is 1. The molecule has 0 bridgehead atoms. The van der Waals surface area contributed by atoms with E-state index >= 15 is 0 Å². The monoisotopic (exact) mass is 339 g/mol. The summed E-state index contributed by atoms with van der Waals surface area (Å²) in [5.41, 5.74) is 2.13. The summed E-state index contributed by atoms with van der Waals surface area (Å²) < 4.78 is 3.40. The molecule has 0 radical (unpaired) electrons. The molecule has 3 aromatic rings. The van der Waals surface area contributed by atoms with Crippen molar-refractivity contribution in [3.8, 4) is 0 Å². The van der Waals surface area contributed by atoms with Gasteiger partial charge in [0.25, 0.3) is 11.5 Å². The van der Waals surface area contributed by atoms with E-state index in [-0.39, 0.29) is 17.2 Å². The van der Waals surface area contributed by atoms with Crippen molar-refractivity contribution in [1.82, 2.24) is 24.6 Å². The summed E-state index contributed by atoms with van der Waals surface area (Å²) in [4.78, 5) is 28.2.